The zero-order valence-electron chi connectivity index (χ0n) is 9.10. The minimum absolute atomic E-state index is 0.236. The van der Waals surface area contributed by atoms with Gasteiger partial charge in [0.2, 0.25) is 0 Å². The normalized spacial score (nSPS) is 14.9. The van der Waals surface area contributed by atoms with E-state index in [0.717, 1.165) is 22.2 Å². The van der Waals surface area contributed by atoms with Crippen molar-refractivity contribution in [1.29, 1.82) is 0 Å². The number of amides is 1. The van der Waals surface area contributed by atoms with Crippen LogP contribution in [0, 0.1) is 0 Å². The van der Waals surface area contributed by atoms with Crippen LogP contribution in [-0.2, 0) is 13.0 Å². The van der Waals surface area contributed by atoms with Gasteiger partial charge in [0.15, 0.2) is 0 Å². The molecule has 1 amide bonds. The molecule has 0 saturated heterocycles. The van der Waals surface area contributed by atoms with E-state index in [2.05, 4.69) is 4.98 Å². The number of fused-ring (bicyclic) bond motifs is 3. The Hall–Kier alpha value is -2.17. The largest absolute Gasteiger partial charge is 0.508 e. The molecule has 2 aromatic rings. The van der Waals surface area contributed by atoms with E-state index in [1.54, 1.807) is 12.1 Å². The third-order valence-electron chi connectivity index (χ3n) is 3.23. The monoisotopic (exact) mass is 232 g/mol. The van der Waals surface area contributed by atoms with E-state index in [9.17, 15) is 9.90 Å². The van der Waals surface area contributed by atoms with E-state index in [1.807, 2.05) is 6.07 Å². The van der Waals surface area contributed by atoms with Gasteiger partial charge >= 0.3 is 6.09 Å². The molecule has 88 valence electrons. The molecule has 5 heteroatoms. The number of aromatic hydroxyl groups is 1. The maximum absolute atomic E-state index is 10.9. The van der Waals surface area contributed by atoms with Crippen molar-refractivity contribution in [2.45, 2.75) is 13.0 Å². The number of H-pyrrole nitrogens is 1. The van der Waals surface area contributed by atoms with Crippen LogP contribution in [0.15, 0.2) is 18.2 Å². The van der Waals surface area contributed by atoms with Crippen molar-refractivity contribution in [3.8, 4) is 5.75 Å². The molecule has 1 aliphatic rings. The third kappa shape index (κ3) is 1.51. The van der Waals surface area contributed by atoms with Crippen molar-refractivity contribution in [1.82, 2.24) is 9.88 Å². The van der Waals surface area contributed by atoms with Gasteiger partial charge in [-0.2, -0.15) is 0 Å². The summed E-state index contributed by atoms with van der Waals surface area (Å²) in [4.78, 5) is 15.5. The maximum Gasteiger partial charge on any atom is 0.407 e. The molecule has 0 atom stereocenters. The van der Waals surface area contributed by atoms with E-state index >= 15 is 0 Å². The first-order valence-electron chi connectivity index (χ1n) is 5.45. The van der Waals surface area contributed by atoms with Crippen LogP contribution in [0.5, 0.6) is 5.75 Å². The number of nitrogens with zero attached hydrogens (tertiary/aromatic N) is 1. The molecule has 2 heterocycles. The molecule has 0 bridgehead atoms. The summed E-state index contributed by atoms with van der Waals surface area (Å²) in [6.45, 7) is 0.894. The zero-order chi connectivity index (χ0) is 12.0. The van der Waals surface area contributed by atoms with Gasteiger partial charge in [0.25, 0.3) is 0 Å². The van der Waals surface area contributed by atoms with Crippen molar-refractivity contribution >= 4 is 17.0 Å². The van der Waals surface area contributed by atoms with Gasteiger partial charge in [-0.1, -0.05) is 0 Å². The Morgan fingerprint density at radius 3 is 3.00 bits per heavy atom. The number of phenols is 1. The number of carbonyl (C=O) groups is 1. The Bertz CT molecular complexity index is 603. The van der Waals surface area contributed by atoms with Crippen molar-refractivity contribution in [3.63, 3.8) is 0 Å². The molecule has 0 radical (unpaired) electrons. The Kier molecular flexibility index (Phi) is 2.01. The topological polar surface area (TPSA) is 76.6 Å². The lowest BCUT2D eigenvalue weighted by Gasteiger charge is -2.24. The lowest BCUT2D eigenvalue weighted by atomic mass is 10.0. The number of aromatic nitrogens is 1. The second kappa shape index (κ2) is 3.41. The molecule has 1 aromatic heterocycles. The molecular weight excluding hydrogens is 220 g/mol. The van der Waals surface area contributed by atoms with Gasteiger partial charge in [-0.3, -0.25) is 0 Å². The number of carboxylic acid groups (broad SMARTS) is 1. The summed E-state index contributed by atoms with van der Waals surface area (Å²) in [5.41, 5.74) is 2.99. The number of rotatable bonds is 0. The zero-order valence-corrected chi connectivity index (χ0v) is 9.10. The van der Waals surface area contributed by atoms with Crippen LogP contribution in [0.1, 0.15) is 11.3 Å². The van der Waals surface area contributed by atoms with E-state index in [0.29, 0.717) is 19.5 Å². The van der Waals surface area contributed by atoms with E-state index < -0.39 is 6.09 Å². The molecule has 0 fully saturated rings. The Balaban J connectivity index is 2.10. The van der Waals surface area contributed by atoms with Crippen LogP contribution >= 0.6 is 0 Å². The number of hydrogen-bond donors (Lipinski definition) is 3. The smallest absolute Gasteiger partial charge is 0.407 e. The molecule has 3 N–H and O–H groups in total. The molecule has 0 aliphatic carbocycles. The van der Waals surface area contributed by atoms with Crippen LogP contribution in [0.25, 0.3) is 10.9 Å². The van der Waals surface area contributed by atoms with Gasteiger partial charge in [-0.15, -0.1) is 0 Å². The minimum Gasteiger partial charge on any atom is -0.508 e. The minimum atomic E-state index is -0.892. The molecule has 0 saturated carbocycles. The molecule has 0 spiro atoms. The van der Waals surface area contributed by atoms with Gasteiger partial charge in [0, 0.05) is 23.1 Å². The third-order valence-corrected chi connectivity index (χ3v) is 3.23. The highest BCUT2D eigenvalue weighted by atomic mass is 16.4. The molecule has 1 aromatic carbocycles. The lowest BCUT2D eigenvalue weighted by Crippen LogP contribution is -2.34. The Morgan fingerprint density at radius 1 is 1.41 bits per heavy atom. The second-order valence-electron chi connectivity index (χ2n) is 4.27. The summed E-state index contributed by atoms with van der Waals surface area (Å²) in [6, 6.07) is 5.16. The first kappa shape index (κ1) is 10.0. The quantitative estimate of drug-likeness (QED) is 0.649. The molecule has 3 rings (SSSR count). The standard InChI is InChI=1S/C12H12N2O3/c15-7-1-2-10-9(5-7)8-3-4-14(12(16)17)6-11(8)13-10/h1-2,5,13,15H,3-4,6H2,(H,16,17). The number of hydrogen-bond acceptors (Lipinski definition) is 2. The molecular formula is C12H12N2O3. The summed E-state index contributed by atoms with van der Waals surface area (Å²) in [7, 11) is 0. The van der Waals surface area contributed by atoms with Crippen molar-refractivity contribution < 1.29 is 15.0 Å². The molecule has 1 aliphatic heterocycles. The van der Waals surface area contributed by atoms with Crippen LogP contribution in [-0.4, -0.2) is 32.7 Å². The van der Waals surface area contributed by atoms with Gasteiger partial charge in [-0.25, -0.2) is 4.79 Å². The summed E-state index contributed by atoms with van der Waals surface area (Å²) in [6.07, 6.45) is -0.206. The van der Waals surface area contributed by atoms with Gasteiger partial charge < -0.3 is 20.1 Å². The summed E-state index contributed by atoms with van der Waals surface area (Å²) < 4.78 is 0. The van der Waals surface area contributed by atoms with Crippen molar-refractivity contribution in [2.75, 3.05) is 6.54 Å². The van der Waals surface area contributed by atoms with Crippen LogP contribution < -0.4 is 0 Å². The number of phenolic OH excluding ortho intramolecular Hbond substituents is 1. The highest BCUT2D eigenvalue weighted by molar-refractivity contribution is 5.86. The summed E-state index contributed by atoms with van der Waals surface area (Å²) >= 11 is 0. The molecule has 5 nitrogen and oxygen atoms in total. The highest BCUT2D eigenvalue weighted by Crippen LogP contribution is 2.29. The van der Waals surface area contributed by atoms with Gasteiger partial charge in [0.05, 0.1) is 6.54 Å². The molecule has 17 heavy (non-hydrogen) atoms. The van der Waals surface area contributed by atoms with Crippen molar-refractivity contribution in [2.24, 2.45) is 0 Å². The van der Waals surface area contributed by atoms with E-state index in [1.165, 1.54) is 4.90 Å². The van der Waals surface area contributed by atoms with Crippen LogP contribution in [0.2, 0.25) is 0 Å². The van der Waals surface area contributed by atoms with E-state index in [-0.39, 0.29) is 5.75 Å². The maximum atomic E-state index is 10.9. The fourth-order valence-corrected chi connectivity index (χ4v) is 2.39. The van der Waals surface area contributed by atoms with Crippen LogP contribution in [0.3, 0.4) is 0 Å². The highest BCUT2D eigenvalue weighted by Gasteiger charge is 2.23. The van der Waals surface area contributed by atoms with Crippen molar-refractivity contribution in [3.05, 3.63) is 29.5 Å². The Labute approximate surface area is 97.3 Å². The lowest BCUT2D eigenvalue weighted by molar-refractivity contribution is 0.139. The summed E-state index contributed by atoms with van der Waals surface area (Å²) in [5, 5.41) is 19.4. The first-order chi connectivity index (χ1) is 8.15. The second-order valence-corrected chi connectivity index (χ2v) is 4.27. The van der Waals surface area contributed by atoms with Crippen LogP contribution in [0.4, 0.5) is 4.79 Å². The predicted molar refractivity (Wildman–Crippen MR) is 62.1 cm³/mol. The SMILES string of the molecule is O=C(O)N1CCc2c([nH]c3ccc(O)cc23)C1. The average molecular weight is 232 g/mol. The average Bonchev–Trinajstić information content (AvgIpc) is 2.66. The van der Waals surface area contributed by atoms with Gasteiger partial charge in [0.1, 0.15) is 5.75 Å². The summed E-state index contributed by atoms with van der Waals surface area (Å²) in [5.74, 6) is 0.236. The fraction of sp³-hybridized carbons (Fsp3) is 0.250. The molecule has 0 unspecified atom stereocenters. The fourth-order valence-electron chi connectivity index (χ4n) is 2.39. The predicted octanol–water partition coefficient (Wildman–Crippen LogP) is 1.91. The van der Waals surface area contributed by atoms with E-state index in [4.69, 9.17) is 5.11 Å². The van der Waals surface area contributed by atoms with Gasteiger partial charge in [-0.05, 0) is 30.2 Å². The first-order valence-corrected chi connectivity index (χ1v) is 5.45. The number of aromatic amines is 1. The number of nitrogens with one attached hydrogen (secondary N) is 1. The number of benzene rings is 1. The Morgan fingerprint density at radius 2 is 2.24 bits per heavy atom.